The molecule has 0 saturated carbocycles. The van der Waals surface area contributed by atoms with E-state index in [0.717, 1.165) is 0 Å². The van der Waals surface area contributed by atoms with Crippen LogP contribution in [0.5, 0.6) is 0 Å². The van der Waals surface area contributed by atoms with Gasteiger partial charge >= 0.3 is 12.4 Å². The predicted octanol–water partition coefficient (Wildman–Crippen LogP) is 3.16. The molecule has 0 fully saturated rings. The van der Waals surface area contributed by atoms with Gasteiger partial charge in [-0.1, -0.05) is 0 Å². The van der Waals surface area contributed by atoms with Crippen molar-refractivity contribution < 1.29 is 36.2 Å². The van der Waals surface area contributed by atoms with Crippen molar-refractivity contribution in [3.63, 3.8) is 0 Å². The Morgan fingerprint density at radius 3 is 2.42 bits per heavy atom. The van der Waals surface area contributed by atoms with Crippen LogP contribution in [0.15, 0.2) is 6.07 Å². The first kappa shape index (κ1) is 16.9. The average Bonchev–Trinajstić information content (AvgIpc) is 2.44. The van der Waals surface area contributed by atoms with Crippen LogP contribution in [-0.4, -0.2) is 23.7 Å². The largest absolute Gasteiger partial charge is 0.422 e. The van der Waals surface area contributed by atoms with Gasteiger partial charge in [0.15, 0.2) is 5.60 Å². The maximum absolute atomic E-state index is 13.4. The van der Waals surface area contributed by atoms with Gasteiger partial charge in [-0.05, 0) is 24.5 Å². The van der Waals surface area contributed by atoms with E-state index in [1.807, 2.05) is 0 Å². The van der Waals surface area contributed by atoms with Gasteiger partial charge in [0.05, 0.1) is 17.7 Å². The molecule has 10 heteroatoms. The quantitative estimate of drug-likeness (QED) is 0.628. The first-order valence-electron chi connectivity index (χ1n) is 7.05. The number of aliphatic hydroxyl groups is 1. The minimum absolute atomic E-state index is 0.0130. The summed E-state index contributed by atoms with van der Waals surface area (Å²) in [5.41, 5.74) is -7.26. The van der Waals surface area contributed by atoms with Crippen molar-refractivity contribution in [2.24, 2.45) is 0 Å². The summed E-state index contributed by atoms with van der Waals surface area (Å²) < 4.78 is 80.2. The lowest BCUT2D eigenvalue weighted by Crippen LogP contribution is -2.50. The fourth-order valence-corrected chi connectivity index (χ4v) is 3.17. The van der Waals surface area contributed by atoms with E-state index in [0.29, 0.717) is 19.0 Å². The lowest BCUT2D eigenvalue weighted by Gasteiger charge is -2.39. The maximum atomic E-state index is 13.4. The summed E-state index contributed by atoms with van der Waals surface area (Å²) in [6.07, 6.45) is -11.4. The third-order valence-corrected chi connectivity index (χ3v) is 4.22. The van der Waals surface area contributed by atoms with Crippen molar-refractivity contribution in [1.82, 2.24) is 0 Å². The second-order valence-electron chi connectivity index (χ2n) is 5.81. The van der Waals surface area contributed by atoms with Crippen LogP contribution in [0.4, 0.5) is 37.7 Å². The molecule has 3 N–H and O–H groups in total. The lowest BCUT2D eigenvalue weighted by atomic mass is 9.79. The number of hydrogen-bond acceptors (Lipinski definition) is 3. The van der Waals surface area contributed by atoms with Crippen LogP contribution in [0.3, 0.4) is 0 Å². The third-order valence-electron chi connectivity index (χ3n) is 4.22. The molecular weight excluding hydrogens is 342 g/mol. The number of carbonyl (C=O) groups is 1. The monoisotopic (exact) mass is 354 g/mol. The Morgan fingerprint density at radius 2 is 1.83 bits per heavy atom. The molecular formula is C14H12F6N2O2. The van der Waals surface area contributed by atoms with E-state index >= 15 is 0 Å². The van der Waals surface area contributed by atoms with Crippen LogP contribution in [0, 0.1) is 0 Å². The zero-order valence-corrected chi connectivity index (χ0v) is 12.0. The second kappa shape index (κ2) is 5.01. The third kappa shape index (κ3) is 2.40. The molecule has 0 spiro atoms. The smallest absolute Gasteiger partial charge is 0.385 e. The van der Waals surface area contributed by atoms with Crippen LogP contribution in [0.1, 0.15) is 29.5 Å². The number of fused-ring (bicyclic) bond motifs is 3. The topological polar surface area (TPSA) is 61.4 Å². The van der Waals surface area contributed by atoms with E-state index in [2.05, 4.69) is 10.6 Å². The number of benzene rings is 1. The molecule has 0 aliphatic carbocycles. The molecule has 2 aliphatic rings. The van der Waals surface area contributed by atoms with E-state index in [-0.39, 0.29) is 17.7 Å². The average molecular weight is 354 g/mol. The molecule has 0 bridgehead atoms. The molecule has 1 amide bonds. The van der Waals surface area contributed by atoms with Crippen molar-refractivity contribution in [3.05, 3.63) is 22.8 Å². The van der Waals surface area contributed by atoms with Crippen LogP contribution in [-0.2, 0) is 23.0 Å². The van der Waals surface area contributed by atoms with E-state index < -0.39 is 47.1 Å². The molecule has 2 aliphatic heterocycles. The number of hydrogen-bond donors (Lipinski definition) is 3. The van der Waals surface area contributed by atoms with E-state index in [1.165, 1.54) is 0 Å². The molecule has 1 aromatic rings. The maximum Gasteiger partial charge on any atom is 0.422 e. The van der Waals surface area contributed by atoms with Gasteiger partial charge in [0.1, 0.15) is 0 Å². The first-order chi connectivity index (χ1) is 10.9. The van der Waals surface area contributed by atoms with E-state index in [1.54, 1.807) is 0 Å². The van der Waals surface area contributed by atoms with Crippen molar-refractivity contribution in [2.45, 2.75) is 37.2 Å². The van der Waals surface area contributed by atoms with Crippen molar-refractivity contribution in [2.75, 3.05) is 17.2 Å². The van der Waals surface area contributed by atoms with Crippen molar-refractivity contribution in [3.8, 4) is 0 Å². The van der Waals surface area contributed by atoms with E-state index in [4.69, 9.17) is 0 Å². The molecule has 1 atom stereocenters. The molecule has 132 valence electrons. The number of halogens is 6. The summed E-state index contributed by atoms with van der Waals surface area (Å²) in [7, 11) is 0. The highest BCUT2D eigenvalue weighted by Crippen LogP contribution is 2.54. The molecule has 4 nitrogen and oxygen atoms in total. The van der Waals surface area contributed by atoms with Gasteiger partial charge in [0, 0.05) is 17.8 Å². The molecule has 0 radical (unpaired) electrons. The number of carbonyl (C=O) groups excluding carboxylic acids is 1. The van der Waals surface area contributed by atoms with Gasteiger partial charge < -0.3 is 15.7 Å². The highest BCUT2D eigenvalue weighted by Gasteiger charge is 2.61. The number of alkyl halides is 6. The Labute approximate surface area is 131 Å². The summed E-state index contributed by atoms with van der Waals surface area (Å²) >= 11 is 0. The number of anilines is 2. The number of amides is 1. The minimum Gasteiger partial charge on any atom is -0.385 e. The molecule has 0 saturated heterocycles. The second-order valence-corrected chi connectivity index (χ2v) is 5.81. The molecule has 3 rings (SSSR count). The van der Waals surface area contributed by atoms with Gasteiger partial charge in [-0.15, -0.1) is 0 Å². The molecule has 2 heterocycles. The molecule has 1 aromatic carbocycles. The van der Waals surface area contributed by atoms with E-state index in [9.17, 15) is 36.2 Å². The van der Waals surface area contributed by atoms with Crippen molar-refractivity contribution in [1.29, 1.82) is 0 Å². The lowest BCUT2D eigenvalue weighted by molar-refractivity contribution is -0.269. The Morgan fingerprint density at radius 1 is 1.17 bits per heavy atom. The fraction of sp³-hybridized carbons (Fsp3) is 0.500. The first-order valence-corrected chi connectivity index (χ1v) is 7.05. The van der Waals surface area contributed by atoms with Gasteiger partial charge in [0.2, 0.25) is 5.91 Å². The zero-order valence-electron chi connectivity index (χ0n) is 12.0. The summed E-state index contributed by atoms with van der Waals surface area (Å²) in [4.78, 5) is 11.7. The Kier molecular flexibility index (Phi) is 3.52. The van der Waals surface area contributed by atoms with Crippen LogP contribution < -0.4 is 10.6 Å². The summed E-state index contributed by atoms with van der Waals surface area (Å²) in [5, 5.41) is 14.9. The number of rotatable bonds is 0. The number of nitrogens with one attached hydrogen (secondary N) is 2. The fourth-order valence-electron chi connectivity index (χ4n) is 3.17. The zero-order chi connectivity index (χ0) is 17.9. The molecule has 1 unspecified atom stereocenters. The van der Waals surface area contributed by atoms with Gasteiger partial charge in [-0.3, -0.25) is 4.79 Å². The van der Waals surface area contributed by atoms with Crippen molar-refractivity contribution >= 4 is 17.3 Å². The van der Waals surface area contributed by atoms with Crippen LogP contribution in [0.2, 0.25) is 0 Å². The highest BCUT2D eigenvalue weighted by atomic mass is 19.4. The van der Waals surface area contributed by atoms with Gasteiger partial charge in [-0.2, -0.15) is 26.3 Å². The Hall–Kier alpha value is -1.97. The summed E-state index contributed by atoms with van der Waals surface area (Å²) in [5.74, 6) is -1.19. The Bertz CT molecular complexity index is 713. The molecule has 0 aromatic heterocycles. The minimum atomic E-state index is -5.43. The van der Waals surface area contributed by atoms with Gasteiger partial charge in [-0.25, -0.2) is 0 Å². The highest BCUT2D eigenvalue weighted by molar-refractivity contribution is 5.98. The standard InChI is InChI=1S/C14H12F6N2O2/c15-13(16,17)7-4-8-6(2-1-3-21-8)11-10(7)12(24,14(18,19)20)5-9(23)22-11/h4,21,24H,1-3,5H2,(H,22,23). The normalized spacial score (nSPS) is 23.9. The molecule has 24 heavy (non-hydrogen) atoms. The van der Waals surface area contributed by atoms with Crippen LogP contribution in [0.25, 0.3) is 0 Å². The summed E-state index contributed by atoms with van der Waals surface area (Å²) in [6.45, 7) is 0.362. The van der Waals surface area contributed by atoms with Crippen LogP contribution >= 0.6 is 0 Å². The SMILES string of the molecule is O=C1CC(O)(C(F)(F)F)c2c(C(F)(F)F)cc3c(c2N1)CCCN3. The predicted molar refractivity (Wildman–Crippen MR) is 71.5 cm³/mol. The Balaban J connectivity index is 2.39. The summed E-state index contributed by atoms with van der Waals surface area (Å²) in [6, 6.07) is 0.571. The van der Waals surface area contributed by atoms with Gasteiger partial charge in [0.25, 0.3) is 0 Å².